The van der Waals surface area contributed by atoms with Crippen LogP contribution in [0.5, 0.6) is 0 Å². The number of rotatable bonds is 5. The van der Waals surface area contributed by atoms with Crippen LogP contribution in [0, 0.1) is 6.92 Å². The van der Waals surface area contributed by atoms with Gasteiger partial charge in [-0.25, -0.2) is 4.98 Å². The van der Waals surface area contributed by atoms with Crippen LogP contribution in [0.3, 0.4) is 0 Å². The average molecular weight is 406 g/mol. The lowest BCUT2D eigenvalue weighted by Gasteiger charge is -2.37. The van der Waals surface area contributed by atoms with E-state index in [4.69, 9.17) is 4.84 Å². The van der Waals surface area contributed by atoms with Gasteiger partial charge in [-0.1, -0.05) is 17.8 Å². The third kappa shape index (κ3) is 3.73. The summed E-state index contributed by atoms with van der Waals surface area (Å²) in [4.78, 5) is 29.1. The number of aromatic nitrogens is 2. The summed E-state index contributed by atoms with van der Waals surface area (Å²) in [6.45, 7) is 11.7. The van der Waals surface area contributed by atoms with Gasteiger partial charge in [-0.2, -0.15) is 0 Å². The maximum Gasteiger partial charge on any atom is 0.230 e. The number of hydrogen-bond donors (Lipinski definition) is 1. The van der Waals surface area contributed by atoms with Gasteiger partial charge >= 0.3 is 0 Å². The number of Topliss-reactive ketones (excluding diaryl/α,β-unsaturated/α-hetero) is 1. The molecule has 0 amide bonds. The summed E-state index contributed by atoms with van der Waals surface area (Å²) in [6, 6.07) is 7.96. The van der Waals surface area contributed by atoms with E-state index in [-0.39, 0.29) is 11.8 Å². The molecule has 7 heteroatoms. The zero-order chi connectivity index (χ0) is 21.3. The number of carbonyl (C=O) groups excluding carboxylic acids is 1. The van der Waals surface area contributed by atoms with Crippen LogP contribution in [0.1, 0.15) is 43.5 Å². The smallest absolute Gasteiger partial charge is 0.230 e. The van der Waals surface area contributed by atoms with E-state index >= 15 is 0 Å². The molecule has 1 saturated heterocycles. The van der Waals surface area contributed by atoms with Crippen LogP contribution in [-0.2, 0) is 9.63 Å². The highest BCUT2D eigenvalue weighted by Gasteiger charge is 2.40. The number of carbonyl (C=O) groups is 1. The second-order valence-electron chi connectivity index (χ2n) is 8.26. The number of hydrogen-bond acceptors (Lipinski definition) is 7. The van der Waals surface area contributed by atoms with Gasteiger partial charge in [0.15, 0.2) is 11.3 Å². The monoisotopic (exact) mass is 405 g/mol. The Balaban J connectivity index is 1.63. The third-order valence-corrected chi connectivity index (χ3v) is 5.60. The van der Waals surface area contributed by atoms with Crippen molar-refractivity contribution in [2.45, 2.75) is 45.3 Å². The standard InChI is InChI=1S/C23H27N5O2/c1-15-7-5-12-25-22(15)28(18-8-6-11-24-14-18)16(2)19-10-9-17(13-26-19)20-21(29)23(3,4)30-27-20/h5,7,9-10,12-13,18,24H,2,6,8,11,14H2,1,3-4H3. The number of nitrogens with zero attached hydrogens (tertiary/aromatic N) is 4. The quantitative estimate of drug-likeness (QED) is 0.823. The molecular weight excluding hydrogens is 378 g/mol. The molecule has 0 bridgehead atoms. The van der Waals surface area contributed by atoms with Crippen molar-refractivity contribution in [3.05, 3.63) is 60.1 Å². The number of anilines is 1. The molecule has 2 aliphatic heterocycles. The van der Waals surface area contributed by atoms with Crippen LogP contribution in [0.25, 0.3) is 5.70 Å². The molecule has 0 saturated carbocycles. The average Bonchev–Trinajstić information content (AvgIpc) is 3.03. The van der Waals surface area contributed by atoms with Crippen LogP contribution in [0.2, 0.25) is 0 Å². The Morgan fingerprint density at radius 3 is 2.73 bits per heavy atom. The fourth-order valence-corrected chi connectivity index (χ4v) is 3.84. The zero-order valence-corrected chi connectivity index (χ0v) is 17.7. The van der Waals surface area contributed by atoms with E-state index in [1.54, 1.807) is 26.2 Å². The Morgan fingerprint density at radius 1 is 1.30 bits per heavy atom. The SMILES string of the molecule is C=C(c1ccc(C2=NOC(C)(C)C2=O)cn1)N(c1ncccc1C)C1CCCNC1. The Labute approximate surface area is 176 Å². The van der Waals surface area contributed by atoms with E-state index in [9.17, 15) is 4.79 Å². The van der Waals surface area contributed by atoms with Crippen molar-refractivity contribution < 1.29 is 9.63 Å². The second kappa shape index (κ2) is 7.99. The Bertz CT molecular complexity index is 991. The number of piperidine rings is 1. The van der Waals surface area contributed by atoms with Crippen molar-refractivity contribution in [2.75, 3.05) is 18.0 Å². The highest BCUT2D eigenvalue weighted by atomic mass is 16.7. The first-order valence-electron chi connectivity index (χ1n) is 10.3. The van der Waals surface area contributed by atoms with Gasteiger partial charge in [0, 0.05) is 30.5 Å². The molecule has 1 fully saturated rings. The maximum absolute atomic E-state index is 12.5. The summed E-state index contributed by atoms with van der Waals surface area (Å²) in [7, 11) is 0. The molecule has 2 aromatic rings. The van der Waals surface area contributed by atoms with Crippen molar-refractivity contribution in [1.29, 1.82) is 0 Å². The van der Waals surface area contributed by atoms with Crippen LogP contribution in [-0.4, -0.2) is 46.2 Å². The predicted octanol–water partition coefficient (Wildman–Crippen LogP) is 3.10. The van der Waals surface area contributed by atoms with Gasteiger partial charge in [0.25, 0.3) is 0 Å². The molecule has 1 unspecified atom stereocenters. The number of ketones is 1. The first kappa shape index (κ1) is 20.2. The van der Waals surface area contributed by atoms with Crippen LogP contribution in [0.15, 0.2) is 48.4 Å². The van der Waals surface area contributed by atoms with Crippen LogP contribution >= 0.6 is 0 Å². The molecule has 1 atom stereocenters. The molecule has 0 spiro atoms. The molecule has 0 aromatic carbocycles. The van der Waals surface area contributed by atoms with Gasteiger partial charge in [-0.05, 0) is 63.9 Å². The first-order chi connectivity index (χ1) is 14.4. The molecule has 2 aromatic heterocycles. The summed E-state index contributed by atoms with van der Waals surface area (Å²) >= 11 is 0. The minimum Gasteiger partial charge on any atom is -0.381 e. The van der Waals surface area contributed by atoms with E-state index in [2.05, 4.69) is 44.9 Å². The molecule has 7 nitrogen and oxygen atoms in total. The molecule has 4 heterocycles. The van der Waals surface area contributed by atoms with Gasteiger partial charge in [0.05, 0.1) is 11.4 Å². The number of oxime groups is 1. The lowest BCUT2D eigenvalue weighted by Crippen LogP contribution is -2.45. The van der Waals surface area contributed by atoms with Crippen molar-refractivity contribution in [2.24, 2.45) is 5.16 Å². The summed E-state index contributed by atoms with van der Waals surface area (Å²) < 4.78 is 0. The highest BCUT2D eigenvalue weighted by Crippen LogP contribution is 2.30. The predicted molar refractivity (Wildman–Crippen MR) is 117 cm³/mol. The minimum absolute atomic E-state index is 0.144. The highest BCUT2D eigenvalue weighted by molar-refractivity contribution is 6.49. The Morgan fingerprint density at radius 2 is 2.13 bits per heavy atom. The Kier molecular flexibility index (Phi) is 5.39. The van der Waals surface area contributed by atoms with Gasteiger partial charge in [0.2, 0.25) is 5.78 Å². The van der Waals surface area contributed by atoms with Crippen LogP contribution < -0.4 is 10.2 Å². The molecule has 0 aliphatic carbocycles. The van der Waals surface area contributed by atoms with Gasteiger partial charge in [-0.3, -0.25) is 9.78 Å². The molecule has 2 aliphatic rings. The maximum atomic E-state index is 12.5. The normalized spacial score (nSPS) is 20.4. The summed E-state index contributed by atoms with van der Waals surface area (Å²) in [6.07, 6.45) is 5.62. The summed E-state index contributed by atoms with van der Waals surface area (Å²) in [5.41, 5.74) is 2.62. The van der Waals surface area contributed by atoms with Gasteiger partial charge < -0.3 is 15.1 Å². The van der Waals surface area contributed by atoms with Crippen molar-refractivity contribution in [3.8, 4) is 0 Å². The summed E-state index contributed by atoms with van der Waals surface area (Å²) in [5.74, 6) is 0.752. The van der Waals surface area contributed by atoms with E-state index in [0.717, 1.165) is 48.7 Å². The third-order valence-electron chi connectivity index (χ3n) is 5.60. The minimum atomic E-state index is -0.932. The molecule has 1 N–H and O–H groups in total. The zero-order valence-electron chi connectivity index (χ0n) is 17.7. The topological polar surface area (TPSA) is 79.7 Å². The fraction of sp³-hybridized carbons (Fsp3) is 0.391. The number of nitrogens with one attached hydrogen (secondary N) is 1. The second-order valence-corrected chi connectivity index (χ2v) is 8.26. The lowest BCUT2D eigenvalue weighted by molar-refractivity contribution is -0.128. The van der Waals surface area contributed by atoms with Crippen LogP contribution in [0.4, 0.5) is 5.82 Å². The number of aryl methyl sites for hydroxylation is 1. The lowest BCUT2D eigenvalue weighted by atomic mass is 9.97. The molecule has 4 rings (SSSR count). The summed E-state index contributed by atoms with van der Waals surface area (Å²) in [5, 5.41) is 7.43. The first-order valence-corrected chi connectivity index (χ1v) is 10.3. The molecule has 0 radical (unpaired) electrons. The van der Waals surface area contributed by atoms with E-state index in [0.29, 0.717) is 11.3 Å². The van der Waals surface area contributed by atoms with E-state index < -0.39 is 5.60 Å². The molecule has 30 heavy (non-hydrogen) atoms. The fourth-order valence-electron chi connectivity index (χ4n) is 3.84. The molecule has 156 valence electrons. The van der Waals surface area contributed by atoms with Crippen molar-refractivity contribution in [3.63, 3.8) is 0 Å². The van der Waals surface area contributed by atoms with E-state index in [1.165, 1.54) is 0 Å². The molecular formula is C23H27N5O2. The van der Waals surface area contributed by atoms with Crippen molar-refractivity contribution in [1.82, 2.24) is 15.3 Å². The van der Waals surface area contributed by atoms with Gasteiger partial charge in [-0.15, -0.1) is 0 Å². The van der Waals surface area contributed by atoms with Gasteiger partial charge in [0.1, 0.15) is 5.82 Å². The largest absolute Gasteiger partial charge is 0.381 e. The number of pyridine rings is 2. The van der Waals surface area contributed by atoms with E-state index in [1.807, 2.05) is 18.2 Å². The Hall–Kier alpha value is -3.06. The van der Waals surface area contributed by atoms with Crippen molar-refractivity contribution >= 4 is 23.0 Å².